The lowest BCUT2D eigenvalue weighted by Crippen LogP contribution is -2.58. The van der Waals surface area contributed by atoms with Crippen molar-refractivity contribution in [3.63, 3.8) is 0 Å². The molecule has 1 heterocycles. The van der Waals surface area contributed by atoms with Gasteiger partial charge in [0, 0.05) is 13.1 Å². The van der Waals surface area contributed by atoms with Gasteiger partial charge in [-0.15, -0.1) is 0 Å². The van der Waals surface area contributed by atoms with Crippen LogP contribution in [0, 0.1) is 0 Å². The molecular formula is C13H16N2O. The Morgan fingerprint density at radius 1 is 1.25 bits per heavy atom. The number of carbonyl (C=O) groups is 1. The van der Waals surface area contributed by atoms with Gasteiger partial charge in [0.25, 0.3) is 0 Å². The standard InChI is InChI=1S/C13H16N2O/c16-12(15-11-8-14-9-11)13(6-7-13)10-4-2-1-3-5-10/h1-5,11,14H,6-9H2,(H,15,16). The minimum Gasteiger partial charge on any atom is -0.350 e. The second-order valence-corrected chi connectivity index (χ2v) is 4.78. The summed E-state index contributed by atoms with van der Waals surface area (Å²) in [7, 11) is 0. The maximum atomic E-state index is 12.2. The van der Waals surface area contributed by atoms with Gasteiger partial charge in [0.1, 0.15) is 0 Å². The topological polar surface area (TPSA) is 41.1 Å². The highest BCUT2D eigenvalue weighted by Gasteiger charge is 2.51. The first kappa shape index (κ1) is 9.85. The smallest absolute Gasteiger partial charge is 0.230 e. The van der Waals surface area contributed by atoms with E-state index in [1.807, 2.05) is 18.2 Å². The number of amides is 1. The average molecular weight is 216 g/mol. The molecule has 84 valence electrons. The molecule has 1 amide bonds. The van der Waals surface area contributed by atoms with Crippen LogP contribution >= 0.6 is 0 Å². The van der Waals surface area contributed by atoms with Crippen LogP contribution in [0.25, 0.3) is 0 Å². The van der Waals surface area contributed by atoms with Gasteiger partial charge in [0.15, 0.2) is 0 Å². The third-order valence-corrected chi connectivity index (χ3v) is 3.63. The van der Waals surface area contributed by atoms with Gasteiger partial charge in [-0.25, -0.2) is 0 Å². The maximum Gasteiger partial charge on any atom is 0.230 e. The monoisotopic (exact) mass is 216 g/mol. The molecule has 1 saturated heterocycles. The Bertz CT molecular complexity index is 394. The zero-order valence-electron chi connectivity index (χ0n) is 9.20. The summed E-state index contributed by atoms with van der Waals surface area (Å²) in [5.41, 5.74) is 0.955. The van der Waals surface area contributed by atoms with Gasteiger partial charge in [0.05, 0.1) is 11.5 Å². The number of benzene rings is 1. The average Bonchev–Trinajstić information content (AvgIpc) is 3.06. The number of carbonyl (C=O) groups excluding carboxylic acids is 1. The predicted octanol–water partition coefficient (Wildman–Crippen LogP) is 0.806. The Balaban J connectivity index is 1.75. The Labute approximate surface area is 95.2 Å². The van der Waals surface area contributed by atoms with Crippen LogP contribution in [-0.2, 0) is 10.2 Å². The number of hydrogen-bond donors (Lipinski definition) is 2. The minimum absolute atomic E-state index is 0.211. The molecule has 3 rings (SSSR count). The van der Waals surface area contributed by atoms with E-state index in [9.17, 15) is 4.79 Å². The van der Waals surface area contributed by atoms with E-state index in [2.05, 4.69) is 22.8 Å². The highest BCUT2D eigenvalue weighted by atomic mass is 16.2. The quantitative estimate of drug-likeness (QED) is 0.785. The molecule has 0 atom stereocenters. The van der Waals surface area contributed by atoms with Crippen molar-refractivity contribution in [1.82, 2.24) is 10.6 Å². The molecule has 1 aromatic carbocycles. The molecule has 0 aromatic heterocycles. The molecule has 0 bridgehead atoms. The lowest BCUT2D eigenvalue weighted by molar-refractivity contribution is -0.124. The molecule has 1 aliphatic carbocycles. The molecule has 2 aliphatic rings. The van der Waals surface area contributed by atoms with Crippen molar-refractivity contribution in [2.45, 2.75) is 24.3 Å². The van der Waals surface area contributed by atoms with Crippen LogP contribution in [0.4, 0.5) is 0 Å². The largest absolute Gasteiger partial charge is 0.350 e. The minimum atomic E-state index is -0.211. The lowest BCUT2D eigenvalue weighted by atomic mass is 9.94. The van der Waals surface area contributed by atoms with Gasteiger partial charge in [-0.3, -0.25) is 4.79 Å². The summed E-state index contributed by atoms with van der Waals surface area (Å²) in [4.78, 5) is 12.2. The predicted molar refractivity (Wildman–Crippen MR) is 62.2 cm³/mol. The lowest BCUT2D eigenvalue weighted by Gasteiger charge is -2.30. The molecule has 0 radical (unpaired) electrons. The number of nitrogens with one attached hydrogen (secondary N) is 2. The fraction of sp³-hybridized carbons (Fsp3) is 0.462. The van der Waals surface area contributed by atoms with Crippen molar-refractivity contribution in [1.29, 1.82) is 0 Å². The van der Waals surface area contributed by atoms with E-state index < -0.39 is 0 Å². The van der Waals surface area contributed by atoms with Gasteiger partial charge in [-0.2, -0.15) is 0 Å². The van der Waals surface area contributed by atoms with Crippen LogP contribution in [-0.4, -0.2) is 25.0 Å². The first-order valence-electron chi connectivity index (χ1n) is 5.88. The van der Waals surface area contributed by atoms with Crippen molar-refractivity contribution in [2.24, 2.45) is 0 Å². The van der Waals surface area contributed by atoms with Gasteiger partial charge >= 0.3 is 0 Å². The van der Waals surface area contributed by atoms with Crippen molar-refractivity contribution in [2.75, 3.05) is 13.1 Å². The molecule has 1 aromatic rings. The summed E-state index contributed by atoms with van der Waals surface area (Å²) in [5, 5.41) is 6.28. The summed E-state index contributed by atoms with van der Waals surface area (Å²) in [6.45, 7) is 1.83. The molecule has 3 heteroatoms. The summed E-state index contributed by atoms with van der Waals surface area (Å²) >= 11 is 0. The van der Waals surface area contributed by atoms with E-state index in [4.69, 9.17) is 0 Å². The van der Waals surface area contributed by atoms with E-state index in [0.717, 1.165) is 25.9 Å². The third-order valence-electron chi connectivity index (χ3n) is 3.63. The fourth-order valence-corrected chi connectivity index (χ4v) is 2.24. The Hall–Kier alpha value is -1.35. The molecule has 3 nitrogen and oxygen atoms in total. The molecule has 2 N–H and O–H groups in total. The highest BCUT2D eigenvalue weighted by molar-refractivity contribution is 5.91. The van der Waals surface area contributed by atoms with E-state index in [0.29, 0.717) is 6.04 Å². The SMILES string of the molecule is O=C(NC1CNC1)C1(c2ccccc2)CC1. The van der Waals surface area contributed by atoms with Crippen molar-refractivity contribution in [3.05, 3.63) is 35.9 Å². The molecule has 2 fully saturated rings. The normalized spacial score (nSPS) is 22.2. The van der Waals surface area contributed by atoms with Crippen LogP contribution in [0.15, 0.2) is 30.3 Å². The molecule has 0 spiro atoms. The van der Waals surface area contributed by atoms with Crippen LogP contribution in [0.1, 0.15) is 18.4 Å². The van der Waals surface area contributed by atoms with E-state index in [1.165, 1.54) is 5.56 Å². The van der Waals surface area contributed by atoms with Crippen LogP contribution in [0.3, 0.4) is 0 Å². The highest BCUT2D eigenvalue weighted by Crippen LogP contribution is 2.48. The summed E-state index contributed by atoms with van der Waals surface area (Å²) < 4.78 is 0. The Morgan fingerprint density at radius 2 is 1.94 bits per heavy atom. The van der Waals surface area contributed by atoms with Gasteiger partial charge in [-0.05, 0) is 18.4 Å². The van der Waals surface area contributed by atoms with Gasteiger partial charge < -0.3 is 10.6 Å². The van der Waals surface area contributed by atoms with Crippen LogP contribution in [0.2, 0.25) is 0 Å². The number of rotatable bonds is 3. The van der Waals surface area contributed by atoms with Crippen LogP contribution in [0.5, 0.6) is 0 Å². The van der Waals surface area contributed by atoms with E-state index >= 15 is 0 Å². The van der Waals surface area contributed by atoms with E-state index in [-0.39, 0.29) is 11.3 Å². The molecule has 1 aliphatic heterocycles. The summed E-state index contributed by atoms with van der Waals surface area (Å²) in [5.74, 6) is 0.213. The zero-order chi connectivity index (χ0) is 11.0. The second-order valence-electron chi connectivity index (χ2n) is 4.78. The summed E-state index contributed by atoms with van der Waals surface area (Å²) in [6.07, 6.45) is 1.98. The van der Waals surface area contributed by atoms with Crippen LogP contribution < -0.4 is 10.6 Å². The molecular weight excluding hydrogens is 200 g/mol. The van der Waals surface area contributed by atoms with Gasteiger partial charge in [0.2, 0.25) is 5.91 Å². The fourth-order valence-electron chi connectivity index (χ4n) is 2.24. The third kappa shape index (κ3) is 1.52. The Kier molecular flexibility index (Phi) is 2.21. The van der Waals surface area contributed by atoms with Crippen molar-refractivity contribution >= 4 is 5.91 Å². The zero-order valence-corrected chi connectivity index (χ0v) is 9.20. The first-order chi connectivity index (χ1) is 7.81. The first-order valence-corrected chi connectivity index (χ1v) is 5.88. The molecule has 16 heavy (non-hydrogen) atoms. The van der Waals surface area contributed by atoms with Gasteiger partial charge in [-0.1, -0.05) is 30.3 Å². The Morgan fingerprint density at radius 3 is 2.44 bits per heavy atom. The molecule has 1 saturated carbocycles. The van der Waals surface area contributed by atoms with E-state index in [1.54, 1.807) is 0 Å². The van der Waals surface area contributed by atoms with Crippen molar-refractivity contribution in [3.8, 4) is 0 Å². The number of hydrogen-bond acceptors (Lipinski definition) is 2. The molecule has 0 unspecified atom stereocenters. The maximum absolute atomic E-state index is 12.2. The second kappa shape index (κ2) is 3.59. The summed E-state index contributed by atoms with van der Waals surface area (Å²) in [6, 6.07) is 10.5. The van der Waals surface area contributed by atoms with Crippen molar-refractivity contribution < 1.29 is 4.79 Å².